The summed E-state index contributed by atoms with van der Waals surface area (Å²) in [5, 5.41) is 10.6. The molecule has 0 spiro atoms. The molecule has 131 valence electrons. The molecule has 9 heteroatoms. The minimum absolute atomic E-state index is 0. The fourth-order valence-electron chi connectivity index (χ4n) is 1.05. The second kappa shape index (κ2) is 16.5. The van der Waals surface area contributed by atoms with Gasteiger partial charge in [-0.1, -0.05) is 13.8 Å². The number of aliphatic carboxylic acids is 1. The molecule has 23 heavy (non-hydrogen) atoms. The largest absolute Gasteiger partial charge is 0.521 e. The number of amides is 1. The first-order chi connectivity index (χ1) is 10.1. The van der Waals surface area contributed by atoms with Crippen molar-refractivity contribution < 1.29 is 57.0 Å². The zero-order valence-corrected chi connectivity index (χ0v) is 17.4. The number of ketones is 2. The number of carboxylic acid groups (broad SMARTS) is 1. The zero-order valence-electron chi connectivity index (χ0n) is 13.7. The number of nitrogens with one attached hydrogen (secondary N) is 1. The average molecular weight is 421 g/mol. The quantitative estimate of drug-likeness (QED) is 0.343. The summed E-state index contributed by atoms with van der Waals surface area (Å²) in [6.45, 7) is 8.51. The molecule has 0 bridgehead atoms. The van der Waals surface area contributed by atoms with Crippen molar-refractivity contribution in [2.24, 2.45) is 5.73 Å². The Bertz CT molecular complexity index is 378. The van der Waals surface area contributed by atoms with Gasteiger partial charge in [0, 0.05) is 51.3 Å². The van der Waals surface area contributed by atoms with Gasteiger partial charge in [-0.3, -0.25) is 9.59 Å². The Morgan fingerprint density at radius 1 is 1.30 bits per heavy atom. The molecule has 1 amide bonds. The van der Waals surface area contributed by atoms with E-state index in [1.807, 2.05) is 13.8 Å². The molecule has 4 N–H and O–H groups in total. The first kappa shape index (κ1) is 27.5. The summed E-state index contributed by atoms with van der Waals surface area (Å²) in [5.41, 5.74) is 4.72. The Labute approximate surface area is 166 Å². The van der Waals surface area contributed by atoms with Crippen molar-refractivity contribution >= 4 is 35.7 Å². The van der Waals surface area contributed by atoms with Gasteiger partial charge in [0.25, 0.3) is 5.97 Å². The SMILES string of the molecule is CC(=O)CCC(=O)[C@H](CSC(C)C)N[C-]=O.[CH2-][C@H](N)C(=O)O.[Y]. The zero-order chi connectivity index (χ0) is 17.7. The van der Waals surface area contributed by atoms with Crippen LogP contribution in [0.5, 0.6) is 0 Å². The van der Waals surface area contributed by atoms with Gasteiger partial charge in [-0.2, -0.15) is 18.2 Å². The van der Waals surface area contributed by atoms with E-state index >= 15 is 0 Å². The first-order valence-electron chi connectivity index (χ1n) is 6.69. The summed E-state index contributed by atoms with van der Waals surface area (Å²) in [6, 6.07) is -1.51. The van der Waals surface area contributed by atoms with Crippen LogP contribution in [-0.2, 0) is 51.9 Å². The predicted molar refractivity (Wildman–Crippen MR) is 86.1 cm³/mol. The van der Waals surface area contributed by atoms with Crippen LogP contribution in [0.25, 0.3) is 0 Å². The third-order valence-electron chi connectivity index (χ3n) is 2.26. The van der Waals surface area contributed by atoms with Gasteiger partial charge in [-0.25, -0.2) is 0 Å². The van der Waals surface area contributed by atoms with E-state index in [2.05, 4.69) is 12.2 Å². The number of hydrogen-bond acceptors (Lipinski definition) is 6. The summed E-state index contributed by atoms with van der Waals surface area (Å²) in [6.07, 6.45) is 1.97. The fourth-order valence-corrected chi connectivity index (χ4v) is 1.89. The molecule has 0 fully saturated rings. The minimum Gasteiger partial charge on any atom is -0.521 e. The molecule has 0 saturated carbocycles. The Morgan fingerprint density at radius 2 is 1.78 bits per heavy atom. The van der Waals surface area contributed by atoms with Crippen molar-refractivity contribution in [3.05, 3.63) is 6.92 Å². The summed E-state index contributed by atoms with van der Waals surface area (Å²) in [7, 11) is 0. The van der Waals surface area contributed by atoms with Crippen molar-refractivity contribution in [3.63, 3.8) is 0 Å². The van der Waals surface area contributed by atoms with Crippen LogP contribution in [0.4, 0.5) is 0 Å². The number of hydrogen-bond donors (Lipinski definition) is 3. The number of thioether (sulfide) groups is 1. The summed E-state index contributed by atoms with van der Waals surface area (Å²) >= 11 is 1.59. The van der Waals surface area contributed by atoms with Crippen molar-refractivity contribution in [1.29, 1.82) is 0 Å². The molecule has 0 saturated heterocycles. The fraction of sp³-hybridized carbons (Fsp3) is 0.643. The van der Waals surface area contributed by atoms with Gasteiger partial charge < -0.3 is 32.7 Å². The van der Waals surface area contributed by atoms with Crippen LogP contribution in [0.3, 0.4) is 0 Å². The summed E-state index contributed by atoms with van der Waals surface area (Å²) < 4.78 is 0. The monoisotopic (exact) mass is 421 g/mol. The van der Waals surface area contributed by atoms with Crippen molar-refractivity contribution in [3.8, 4) is 0 Å². The average Bonchev–Trinajstić information content (AvgIpc) is 2.41. The standard InChI is InChI=1S/C11H18NO3S.C3H6NO2.Y/c1-8(2)16-6-10(12-7-13)11(15)5-4-9(3)14;1-2(4)3(5)6;/h8,10H,4-6H2,1-3H3,(H,12,13);2H,1,4H2,(H,5,6);/q2*-1;/t10-;2-;/m00./s1. The molecule has 0 aromatic carbocycles. The van der Waals surface area contributed by atoms with E-state index in [1.165, 1.54) is 6.92 Å². The van der Waals surface area contributed by atoms with Crippen LogP contribution in [0.2, 0.25) is 0 Å². The third kappa shape index (κ3) is 19.6. The Balaban J connectivity index is -0.000000487. The van der Waals surface area contributed by atoms with Crippen molar-refractivity contribution in [2.75, 3.05) is 5.75 Å². The van der Waals surface area contributed by atoms with E-state index in [0.717, 1.165) is 0 Å². The second-order valence-corrected chi connectivity index (χ2v) is 6.40. The molecule has 0 aliphatic carbocycles. The van der Waals surface area contributed by atoms with Gasteiger partial charge in [-0.15, -0.1) is 0 Å². The Kier molecular flexibility index (Phi) is 19.8. The molecule has 0 aromatic heterocycles. The number of carboxylic acids is 1. The minimum atomic E-state index is -1.07. The number of nitrogens with two attached hydrogens (primary N) is 1. The normalized spacial score (nSPS) is 12.1. The topological polar surface area (TPSA) is 127 Å². The van der Waals surface area contributed by atoms with Gasteiger partial charge in [0.15, 0.2) is 5.78 Å². The van der Waals surface area contributed by atoms with Gasteiger partial charge >= 0.3 is 0 Å². The molecule has 1 radical (unpaired) electrons. The Hall–Kier alpha value is -0.306. The Morgan fingerprint density at radius 3 is 2.09 bits per heavy atom. The van der Waals surface area contributed by atoms with Gasteiger partial charge in [0.2, 0.25) is 0 Å². The molecular weight excluding hydrogens is 397 g/mol. The molecule has 0 rings (SSSR count). The third-order valence-corrected chi connectivity index (χ3v) is 3.45. The molecule has 0 aliphatic heterocycles. The smallest absolute Gasteiger partial charge is 0.289 e. The summed E-state index contributed by atoms with van der Waals surface area (Å²) in [4.78, 5) is 42.1. The second-order valence-electron chi connectivity index (χ2n) is 4.79. The molecule has 2 atom stereocenters. The van der Waals surface area contributed by atoms with E-state index < -0.39 is 18.1 Å². The van der Waals surface area contributed by atoms with Gasteiger partial charge in [0.05, 0.1) is 6.04 Å². The van der Waals surface area contributed by atoms with Gasteiger partial charge in [0.1, 0.15) is 5.78 Å². The van der Waals surface area contributed by atoms with Crippen molar-refractivity contribution in [1.82, 2.24) is 5.32 Å². The number of rotatable bonds is 10. The predicted octanol–water partition coefficient (Wildman–Crippen LogP) is 0.322. The van der Waals surface area contributed by atoms with E-state index in [1.54, 1.807) is 18.2 Å². The number of carbonyl (C=O) groups is 3. The van der Waals surface area contributed by atoms with Crippen LogP contribution >= 0.6 is 11.8 Å². The maximum absolute atomic E-state index is 11.6. The van der Waals surface area contributed by atoms with Crippen LogP contribution in [0.1, 0.15) is 33.6 Å². The molecular formula is C14H24N2O5SY-2. The van der Waals surface area contributed by atoms with Crippen LogP contribution in [0.15, 0.2) is 0 Å². The molecule has 0 aromatic rings. The van der Waals surface area contributed by atoms with Crippen LogP contribution in [-0.4, -0.2) is 52.1 Å². The van der Waals surface area contributed by atoms with Crippen LogP contribution in [0, 0.1) is 6.92 Å². The van der Waals surface area contributed by atoms with E-state index in [0.29, 0.717) is 11.0 Å². The molecule has 0 unspecified atom stereocenters. The number of carbonyl (C=O) groups excluding carboxylic acids is 3. The van der Waals surface area contributed by atoms with E-state index in [9.17, 15) is 19.2 Å². The van der Waals surface area contributed by atoms with Crippen molar-refractivity contribution in [2.45, 2.75) is 50.9 Å². The number of Topliss-reactive ketones (excluding diaryl/α,β-unsaturated/α-hetero) is 2. The molecule has 7 nitrogen and oxygen atoms in total. The molecule has 0 aliphatic rings. The van der Waals surface area contributed by atoms with Gasteiger partial charge in [-0.05, 0) is 18.2 Å². The van der Waals surface area contributed by atoms with E-state index in [4.69, 9.17) is 10.8 Å². The maximum atomic E-state index is 11.6. The van der Waals surface area contributed by atoms with E-state index in [-0.39, 0.29) is 57.1 Å². The summed E-state index contributed by atoms with van der Waals surface area (Å²) in [5.74, 6) is -0.663. The molecule has 0 heterocycles. The maximum Gasteiger partial charge on any atom is 0.289 e. The first-order valence-corrected chi connectivity index (χ1v) is 7.74. The van der Waals surface area contributed by atoms with Crippen LogP contribution < -0.4 is 11.1 Å².